The standard InChI is InChI=1S/C25H28FN3O4/c1-3-14-27-24(31)22(28-23(30)18-6-10-21(33-2)11-7-18)17-12-15-29(16-13-17)25(32)19-4-8-20(26)9-5-19/h3-11,17,22H,1,12-16H2,2H3,(H,27,31)(H,28,30). The third kappa shape index (κ3) is 6.19. The van der Waals surface area contributed by atoms with Crippen molar-refractivity contribution < 1.29 is 23.5 Å². The number of carbonyl (C=O) groups excluding carboxylic acids is 3. The van der Waals surface area contributed by atoms with Crippen LogP contribution in [0.25, 0.3) is 0 Å². The van der Waals surface area contributed by atoms with E-state index >= 15 is 0 Å². The number of ether oxygens (including phenoxy) is 1. The van der Waals surface area contributed by atoms with Crippen molar-refractivity contribution in [1.82, 2.24) is 15.5 Å². The van der Waals surface area contributed by atoms with E-state index in [-0.39, 0.29) is 30.2 Å². The second-order valence-corrected chi connectivity index (χ2v) is 7.85. The Morgan fingerprint density at radius 2 is 1.70 bits per heavy atom. The number of hydrogen-bond donors (Lipinski definition) is 2. The molecule has 1 atom stereocenters. The summed E-state index contributed by atoms with van der Waals surface area (Å²) in [6.45, 7) is 4.77. The number of amides is 3. The van der Waals surface area contributed by atoms with Gasteiger partial charge < -0.3 is 20.3 Å². The number of nitrogens with one attached hydrogen (secondary N) is 2. The minimum atomic E-state index is -0.748. The van der Waals surface area contributed by atoms with E-state index in [0.29, 0.717) is 42.8 Å². The summed E-state index contributed by atoms with van der Waals surface area (Å²) in [4.78, 5) is 40.0. The van der Waals surface area contributed by atoms with Crippen LogP contribution in [0.1, 0.15) is 33.6 Å². The Morgan fingerprint density at radius 1 is 1.09 bits per heavy atom. The first-order chi connectivity index (χ1) is 15.9. The van der Waals surface area contributed by atoms with Crippen LogP contribution in [0.5, 0.6) is 5.75 Å². The molecule has 7 nitrogen and oxygen atoms in total. The van der Waals surface area contributed by atoms with Crippen LogP contribution >= 0.6 is 0 Å². The molecule has 2 aromatic rings. The normalized spacial score (nSPS) is 14.8. The molecule has 0 saturated carbocycles. The lowest BCUT2D eigenvalue weighted by Gasteiger charge is -2.35. The molecule has 8 heteroatoms. The van der Waals surface area contributed by atoms with Crippen LogP contribution in [0.15, 0.2) is 61.2 Å². The molecule has 1 aliphatic rings. The predicted octanol–water partition coefficient (Wildman–Crippen LogP) is 2.79. The van der Waals surface area contributed by atoms with E-state index in [1.807, 2.05) is 0 Å². The fourth-order valence-corrected chi connectivity index (χ4v) is 3.86. The molecule has 2 aromatic carbocycles. The van der Waals surface area contributed by atoms with Crippen molar-refractivity contribution >= 4 is 17.7 Å². The molecule has 0 aliphatic carbocycles. The summed E-state index contributed by atoms with van der Waals surface area (Å²) in [5.41, 5.74) is 0.837. The van der Waals surface area contributed by atoms with Gasteiger partial charge in [0.15, 0.2) is 0 Å². The smallest absolute Gasteiger partial charge is 0.253 e. The number of nitrogens with zero attached hydrogens (tertiary/aromatic N) is 1. The van der Waals surface area contributed by atoms with Gasteiger partial charge >= 0.3 is 0 Å². The number of carbonyl (C=O) groups is 3. The molecule has 2 N–H and O–H groups in total. The molecular weight excluding hydrogens is 425 g/mol. The van der Waals surface area contributed by atoms with E-state index in [0.717, 1.165) is 0 Å². The molecule has 0 radical (unpaired) electrons. The Hall–Kier alpha value is -3.68. The van der Waals surface area contributed by atoms with Gasteiger partial charge in [0.05, 0.1) is 7.11 Å². The van der Waals surface area contributed by atoms with Crippen LogP contribution in [0.4, 0.5) is 4.39 Å². The Bertz CT molecular complexity index is 984. The number of halogens is 1. The number of likely N-dealkylation sites (tertiary alicyclic amines) is 1. The molecule has 0 spiro atoms. The quantitative estimate of drug-likeness (QED) is 0.602. The zero-order chi connectivity index (χ0) is 23.8. The van der Waals surface area contributed by atoms with Crippen molar-refractivity contribution in [2.45, 2.75) is 18.9 Å². The lowest BCUT2D eigenvalue weighted by molar-refractivity contribution is -0.124. The highest BCUT2D eigenvalue weighted by molar-refractivity contribution is 5.98. The van der Waals surface area contributed by atoms with Crippen LogP contribution in [0, 0.1) is 11.7 Å². The van der Waals surface area contributed by atoms with Crippen molar-refractivity contribution in [1.29, 1.82) is 0 Å². The van der Waals surface area contributed by atoms with Gasteiger partial charge in [0.25, 0.3) is 11.8 Å². The molecule has 1 aliphatic heterocycles. The Labute approximate surface area is 192 Å². The minimum absolute atomic E-state index is 0.144. The van der Waals surface area contributed by atoms with Gasteiger partial charge in [-0.2, -0.15) is 0 Å². The first-order valence-electron chi connectivity index (χ1n) is 10.8. The Morgan fingerprint density at radius 3 is 2.27 bits per heavy atom. The van der Waals surface area contributed by atoms with Crippen molar-refractivity contribution in [3.8, 4) is 5.75 Å². The molecule has 3 amide bonds. The maximum Gasteiger partial charge on any atom is 0.253 e. The molecular formula is C25H28FN3O4. The summed E-state index contributed by atoms with van der Waals surface area (Å²) in [5.74, 6) is -0.741. The highest BCUT2D eigenvalue weighted by Gasteiger charge is 2.34. The first kappa shape index (κ1) is 24.0. The van der Waals surface area contributed by atoms with Gasteiger partial charge in [0, 0.05) is 30.8 Å². The Balaban J connectivity index is 1.67. The number of benzene rings is 2. The highest BCUT2D eigenvalue weighted by atomic mass is 19.1. The molecule has 1 heterocycles. The lowest BCUT2D eigenvalue weighted by Crippen LogP contribution is -2.53. The van der Waals surface area contributed by atoms with E-state index in [9.17, 15) is 18.8 Å². The van der Waals surface area contributed by atoms with E-state index in [1.165, 1.54) is 24.3 Å². The summed E-state index contributed by atoms with van der Waals surface area (Å²) in [5, 5.41) is 5.62. The third-order valence-corrected chi connectivity index (χ3v) is 5.73. The molecule has 174 valence electrons. The summed E-state index contributed by atoms with van der Waals surface area (Å²) in [6, 6.07) is 11.3. The van der Waals surface area contributed by atoms with Crippen LogP contribution in [-0.4, -0.2) is 55.4 Å². The van der Waals surface area contributed by atoms with Crippen molar-refractivity contribution in [3.63, 3.8) is 0 Å². The molecule has 1 fully saturated rings. The van der Waals surface area contributed by atoms with Crippen LogP contribution in [0.3, 0.4) is 0 Å². The van der Waals surface area contributed by atoms with Crippen molar-refractivity contribution in [2.75, 3.05) is 26.7 Å². The zero-order valence-corrected chi connectivity index (χ0v) is 18.6. The largest absolute Gasteiger partial charge is 0.497 e. The molecule has 3 rings (SSSR count). The molecule has 0 bridgehead atoms. The average molecular weight is 454 g/mol. The van der Waals surface area contributed by atoms with Crippen LogP contribution < -0.4 is 15.4 Å². The molecule has 33 heavy (non-hydrogen) atoms. The highest BCUT2D eigenvalue weighted by Crippen LogP contribution is 2.23. The van der Waals surface area contributed by atoms with Crippen LogP contribution in [0.2, 0.25) is 0 Å². The second-order valence-electron chi connectivity index (χ2n) is 7.85. The summed E-state index contributed by atoms with van der Waals surface area (Å²) in [6.07, 6.45) is 2.66. The van der Waals surface area contributed by atoms with E-state index in [4.69, 9.17) is 4.74 Å². The average Bonchev–Trinajstić information content (AvgIpc) is 2.86. The van der Waals surface area contributed by atoms with Crippen LogP contribution in [-0.2, 0) is 4.79 Å². The molecule has 1 unspecified atom stereocenters. The van der Waals surface area contributed by atoms with E-state index < -0.39 is 11.9 Å². The second kappa shape index (κ2) is 11.3. The third-order valence-electron chi connectivity index (χ3n) is 5.73. The summed E-state index contributed by atoms with van der Waals surface area (Å²) < 4.78 is 18.3. The number of rotatable bonds is 8. The summed E-state index contributed by atoms with van der Waals surface area (Å²) >= 11 is 0. The topological polar surface area (TPSA) is 87.7 Å². The van der Waals surface area contributed by atoms with Gasteiger partial charge in [0.2, 0.25) is 5.91 Å². The van der Waals surface area contributed by atoms with Crippen molar-refractivity contribution in [2.24, 2.45) is 5.92 Å². The van der Waals surface area contributed by atoms with Gasteiger partial charge in [-0.25, -0.2) is 4.39 Å². The molecule has 0 aromatic heterocycles. The van der Waals surface area contributed by atoms with E-state index in [1.54, 1.807) is 42.4 Å². The first-order valence-corrected chi connectivity index (χ1v) is 10.8. The monoisotopic (exact) mass is 453 g/mol. The molecule has 1 saturated heterocycles. The zero-order valence-electron chi connectivity index (χ0n) is 18.6. The number of methoxy groups -OCH3 is 1. The van der Waals surface area contributed by atoms with Gasteiger partial charge in [-0.3, -0.25) is 14.4 Å². The SMILES string of the molecule is C=CCNC(=O)C(NC(=O)c1ccc(OC)cc1)C1CCN(C(=O)c2ccc(F)cc2)CC1. The van der Waals surface area contributed by atoms with Gasteiger partial charge in [-0.15, -0.1) is 6.58 Å². The lowest BCUT2D eigenvalue weighted by atomic mass is 9.88. The number of piperidine rings is 1. The fraction of sp³-hybridized carbons (Fsp3) is 0.320. The van der Waals surface area contributed by atoms with Gasteiger partial charge in [-0.05, 0) is 67.3 Å². The van der Waals surface area contributed by atoms with E-state index in [2.05, 4.69) is 17.2 Å². The summed E-state index contributed by atoms with van der Waals surface area (Å²) in [7, 11) is 1.54. The Kier molecular flexibility index (Phi) is 8.18. The van der Waals surface area contributed by atoms with Gasteiger partial charge in [-0.1, -0.05) is 6.08 Å². The maximum atomic E-state index is 13.2. The minimum Gasteiger partial charge on any atom is -0.497 e. The number of hydrogen-bond acceptors (Lipinski definition) is 4. The fourth-order valence-electron chi connectivity index (χ4n) is 3.86. The predicted molar refractivity (Wildman–Crippen MR) is 122 cm³/mol. The van der Waals surface area contributed by atoms with Gasteiger partial charge in [0.1, 0.15) is 17.6 Å². The van der Waals surface area contributed by atoms with Crippen molar-refractivity contribution in [3.05, 3.63) is 78.1 Å². The maximum absolute atomic E-state index is 13.2.